The molecule has 0 amide bonds. The minimum Gasteiger partial charge on any atom is -0.481 e. The van der Waals surface area contributed by atoms with E-state index in [0.29, 0.717) is 11.8 Å². The van der Waals surface area contributed by atoms with Crippen LogP contribution in [0.25, 0.3) is 0 Å². The summed E-state index contributed by atoms with van der Waals surface area (Å²) in [4.78, 5) is 8.63. The highest BCUT2D eigenvalue weighted by Gasteiger charge is 2.26. The van der Waals surface area contributed by atoms with Crippen LogP contribution >= 0.6 is 0 Å². The number of hydrogen-bond donors (Lipinski definition) is 0. The Balaban J connectivity index is 2.42. The summed E-state index contributed by atoms with van der Waals surface area (Å²) >= 11 is 0. The number of methoxy groups -OCH3 is 1. The second-order valence-corrected chi connectivity index (χ2v) is 4.46. The van der Waals surface area contributed by atoms with Crippen molar-refractivity contribution in [1.29, 1.82) is 0 Å². The Morgan fingerprint density at radius 1 is 1.33 bits per heavy atom. The van der Waals surface area contributed by atoms with E-state index in [1.165, 1.54) is 30.5 Å². The molecule has 82 valence electrons. The molecule has 0 unspecified atom stereocenters. The van der Waals surface area contributed by atoms with Gasteiger partial charge in [-0.25, -0.2) is 9.97 Å². The molecule has 1 saturated carbocycles. The maximum Gasteiger partial charge on any atom is 0.219 e. The largest absolute Gasteiger partial charge is 0.481 e. The van der Waals surface area contributed by atoms with Crippen molar-refractivity contribution in [2.24, 2.45) is 0 Å². The molecule has 0 N–H and O–H groups in total. The lowest BCUT2D eigenvalue weighted by Crippen LogP contribution is -2.15. The van der Waals surface area contributed by atoms with Crippen molar-refractivity contribution in [2.45, 2.75) is 44.9 Å². The van der Waals surface area contributed by atoms with E-state index in [1.54, 1.807) is 13.4 Å². The summed E-state index contributed by atoms with van der Waals surface area (Å²) in [6, 6.07) is 0. The van der Waals surface area contributed by atoms with Crippen LogP contribution in [-0.4, -0.2) is 17.1 Å². The Bertz CT molecular complexity index is 345. The fourth-order valence-corrected chi connectivity index (χ4v) is 2.10. The average Bonchev–Trinajstić information content (AvgIpc) is 2.14. The lowest BCUT2D eigenvalue weighted by molar-refractivity contribution is 0.373. The highest BCUT2D eigenvalue weighted by atomic mass is 16.5. The van der Waals surface area contributed by atoms with Crippen LogP contribution in [0.1, 0.15) is 56.2 Å². The predicted octanol–water partition coefficient (Wildman–Crippen LogP) is 2.88. The van der Waals surface area contributed by atoms with Gasteiger partial charge in [0, 0.05) is 11.5 Å². The van der Waals surface area contributed by atoms with Crippen molar-refractivity contribution in [3.8, 4) is 5.88 Å². The van der Waals surface area contributed by atoms with E-state index in [0.717, 1.165) is 5.88 Å². The summed E-state index contributed by atoms with van der Waals surface area (Å²) in [7, 11) is 1.68. The second-order valence-electron chi connectivity index (χ2n) is 4.46. The van der Waals surface area contributed by atoms with Crippen molar-refractivity contribution < 1.29 is 4.74 Å². The molecular formula is C12H18N2O. The third-order valence-electron chi connectivity index (χ3n) is 3.14. The molecule has 0 radical (unpaired) electrons. The van der Waals surface area contributed by atoms with E-state index in [2.05, 4.69) is 23.8 Å². The zero-order valence-corrected chi connectivity index (χ0v) is 9.66. The number of rotatable bonds is 3. The minimum atomic E-state index is 0.428. The molecule has 1 heterocycles. The third-order valence-corrected chi connectivity index (χ3v) is 3.14. The Hall–Kier alpha value is -1.12. The molecule has 0 spiro atoms. The second kappa shape index (κ2) is 4.17. The fourth-order valence-electron chi connectivity index (χ4n) is 2.10. The summed E-state index contributed by atoms with van der Waals surface area (Å²) in [6.45, 7) is 4.34. The van der Waals surface area contributed by atoms with Gasteiger partial charge in [-0.05, 0) is 18.8 Å². The van der Waals surface area contributed by atoms with Gasteiger partial charge in [0.1, 0.15) is 6.33 Å². The Labute approximate surface area is 90.9 Å². The first kappa shape index (κ1) is 10.4. The smallest absolute Gasteiger partial charge is 0.219 e. The van der Waals surface area contributed by atoms with Crippen molar-refractivity contribution in [2.75, 3.05) is 7.11 Å². The molecule has 1 fully saturated rings. The van der Waals surface area contributed by atoms with Crippen LogP contribution in [0.5, 0.6) is 5.88 Å². The van der Waals surface area contributed by atoms with Gasteiger partial charge in [0.2, 0.25) is 5.88 Å². The highest BCUT2D eigenvalue weighted by molar-refractivity contribution is 5.35. The van der Waals surface area contributed by atoms with Crippen LogP contribution in [0, 0.1) is 0 Å². The van der Waals surface area contributed by atoms with Gasteiger partial charge in [-0.15, -0.1) is 0 Å². The molecule has 0 aromatic carbocycles. The molecule has 1 aliphatic carbocycles. The van der Waals surface area contributed by atoms with Gasteiger partial charge in [-0.1, -0.05) is 20.3 Å². The molecular weight excluding hydrogens is 188 g/mol. The first-order chi connectivity index (χ1) is 7.24. The summed E-state index contributed by atoms with van der Waals surface area (Å²) in [6.07, 6.45) is 5.48. The maximum atomic E-state index is 5.31. The number of hydrogen-bond acceptors (Lipinski definition) is 3. The van der Waals surface area contributed by atoms with Gasteiger partial charge in [-0.3, -0.25) is 0 Å². The topological polar surface area (TPSA) is 35.0 Å². The lowest BCUT2D eigenvalue weighted by atomic mass is 9.79. The number of nitrogens with zero attached hydrogens (tertiary/aromatic N) is 2. The summed E-state index contributed by atoms with van der Waals surface area (Å²) in [5.74, 6) is 1.82. The Kier molecular flexibility index (Phi) is 2.89. The quantitative estimate of drug-likeness (QED) is 0.762. The molecule has 1 aromatic rings. The molecule has 0 saturated heterocycles. The van der Waals surface area contributed by atoms with E-state index in [4.69, 9.17) is 4.74 Å². The van der Waals surface area contributed by atoms with Gasteiger partial charge >= 0.3 is 0 Å². The van der Waals surface area contributed by atoms with Crippen molar-refractivity contribution in [3.05, 3.63) is 17.6 Å². The number of ether oxygens (including phenoxy) is 1. The van der Waals surface area contributed by atoms with Crippen LogP contribution < -0.4 is 4.74 Å². The van der Waals surface area contributed by atoms with Crippen LogP contribution in [0.3, 0.4) is 0 Å². The highest BCUT2D eigenvalue weighted by Crippen LogP contribution is 2.40. The Morgan fingerprint density at radius 3 is 2.53 bits per heavy atom. The lowest BCUT2D eigenvalue weighted by Gasteiger charge is -2.28. The standard InChI is InChI=1S/C12H18N2O/c1-8(2)10-11(9-5-4-6-9)13-7-14-12(10)15-3/h7-9H,4-6H2,1-3H3. The third kappa shape index (κ3) is 1.83. The monoisotopic (exact) mass is 206 g/mol. The molecule has 1 aromatic heterocycles. The molecule has 0 bridgehead atoms. The number of aromatic nitrogens is 2. The van der Waals surface area contributed by atoms with Crippen molar-refractivity contribution >= 4 is 0 Å². The first-order valence-corrected chi connectivity index (χ1v) is 5.62. The molecule has 1 aliphatic rings. The van der Waals surface area contributed by atoms with Gasteiger partial charge in [-0.2, -0.15) is 0 Å². The van der Waals surface area contributed by atoms with E-state index >= 15 is 0 Å². The molecule has 3 heteroatoms. The molecule has 2 rings (SSSR count). The molecule has 15 heavy (non-hydrogen) atoms. The first-order valence-electron chi connectivity index (χ1n) is 5.62. The maximum absolute atomic E-state index is 5.31. The van der Waals surface area contributed by atoms with Crippen LogP contribution in [0.15, 0.2) is 6.33 Å². The summed E-state index contributed by atoms with van der Waals surface area (Å²) < 4.78 is 5.31. The Morgan fingerprint density at radius 2 is 2.07 bits per heavy atom. The van der Waals surface area contributed by atoms with Gasteiger partial charge in [0.05, 0.1) is 12.8 Å². The van der Waals surface area contributed by atoms with E-state index in [1.807, 2.05) is 0 Å². The zero-order chi connectivity index (χ0) is 10.8. The molecule has 3 nitrogen and oxygen atoms in total. The fraction of sp³-hybridized carbons (Fsp3) is 0.667. The van der Waals surface area contributed by atoms with E-state index < -0.39 is 0 Å². The zero-order valence-electron chi connectivity index (χ0n) is 9.66. The molecule has 0 aliphatic heterocycles. The predicted molar refractivity (Wildman–Crippen MR) is 59.3 cm³/mol. The van der Waals surface area contributed by atoms with Gasteiger partial charge < -0.3 is 4.74 Å². The summed E-state index contributed by atoms with van der Waals surface area (Å²) in [5.41, 5.74) is 2.41. The SMILES string of the molecule is COc1ncnc(C2CCC2)c1C(C)C. The summed E-state index contributed by atoms with van der Waals surface area (Å²) in [5, 5.41) is 0. The molecule has 0 atom stereocenters. The van der Waals surface area contributed by atoms with E-state index in [9.17, 15) is 0 Å². The normalized spacial score (nSPS) is 16.5. The average molecular weight is 206 g/mol. The van der Waals surface area contributed by atoms with E-state index in [-0.39, 0.29) is 0 Å². The van der Waals surface area contributed by atoms with Gasteiger partial charge in [0.15, 0.2) is 0 Å². The minimum absolute atomic E-state index is 0.428. The van der Waals surface area contributed by atoms with Gasteiger partial charge in [0.25, 0.3) is 0 Å². The van der Waals surface area contributed by atoms with Crippen LogP contribution in [0.2, 0.25) is 0 Å². The van der Waals surface area contributed by atoms with Crippen molar-refractivity contribution in [1.82, 2.24) is 9.97 Å². The van der Waals surface area contributed by atoms with Crippen LogP contribution in [0.4, 0.5) is 0 Å². The van der Waals surface area contributed by atoms with Crippen LogP contribution in [-0.2, 0) is 0 Å². The van der Waals surface area contributed by atoms with Crippen molar-refractivity contribution in [3.63, 3.8) is 0 Å².